The minimum atomic E-state index is -0.893. The fraction of sp³-hybridized carbons (Fsp3) is 0.200. The third kappa shape index (κ3) is 2.54. The van der Waals surface area contributed by atoms with Crippen LogP contribution in [0.15, 0.2) is 40.9 Å². The number of pyridine rings is 1. The van der Waals surface area contributed by atoms with E-state index in [9.17, 15) is 9.90 Å². The van der Waals surface area contributed by atoms with E-state index in [2.05, 4.69) is 20.9 Å². The summed E-state index contributed by atoms with van der Waals surface area (Å²) >= 11 is 3.44. The molecular formula is C15H12BrNO2. The molecule has 0 saturated heterocycles. The van der Waals surface area contributed by atoms with E-state index < -0.39 is 5.97 Å². The van der Waals surface area contributed by atoms with E-state index in [1.165, 1.54) is 0 Å². The molecule has 19 heavy (non-hydrogen) atoms. The predicted octanol–water partition coefficient (Wildman–Crippen LogP) is 4.09. The largest absolute Gasteiger partial charge is 0.478 e. The molecule has 3 rings (SSSR count). The molecule has 4 heteroatoms. The monoisotopic (exact) mass is 317 g/mol. The van der Waals surface area contributed by atoms with Gasteiger partial charge in [-0.1, -0.05) is 28.1 Å². The van der Waals surface area contributed by atoms with Crippen LogP contribution in [0.4, 0.5) is 0 Å². The lowest BCUT2D eigenvalue weighted by molar-refractivity contribution is 0.0695. The quantitative estimate of drug-likeness (QED) is 0.927. The molecule has 1 aliphatic rings. The maximum absolute atomic E-state index is 11.2. The van der Waals surface area contributed by atoms with Crippen molar-refractivity contribution in [1.82, 2.24) is 4.98 Å². The van der Waals surface area contributed by atoms with Gasteiger partial charge in [0.15, 0.2) is 0 Å². The SMILES string of the molecule is O=C(O)c1ccc(-c2cccc(Br)c2)nc1C1CC1. The van der Waals surface area contributed by atoms with Gasteiger partial charge in [-0.25, -0.2) is 4.79 Å². The Balaban J connectivity index is 2.08. The molecule has 2 aromatic rings. The zero-order chi connectivity index (χ0) is 13.4. The van der Waals surface area contributed by atoms with Crippen LogP contribution in [-0.4, -0.2) is 16.1 Å². The minimum Gasteiger partial charge on any atom is -0.478 e. The number of benzene rings is 1. The molecule has 0 aliphatic heterocycles. The van der Waals surface area contributed by atoms with Crippen LogP contribution in [0.3, 0.4) is 0 Å². The molecule has 0 atom stereocenters. The lowest BCUT2D eigenvalue weighted by Gasteiger charge is -2.07. The Morgan fingerprint density at radius 1 is 1.26 bits per heavy atom. The summed E-state index contributed by atoms with van der Waals surface area (Å²) in [5, 5.41) is 9.20. The number of nitrogens with zero attached hydrogens (tertiary/aromatic N) is 1. The average Bonchev–Trinajstić information content (AvgIpc) is 3.22. The highest BCUT2D eigenvalue weighted by Crippen LogP contribution is 2.41. The van der Waals surface area contributed by atoms with Crippen LogP contribution in [0, 0.1) is 0 Å². The van der Waals surface area contributed by atoms with Gasteiger partial charge in [0.1, 0.15) is 0 Å². The van der Waals surface area contributed by atoms with Crippen molar-refractivity contribution in [2.75, 3.05) is 0 Å². The molecule has 1 heterocycles. The van der Waals surface area contributed by atoms with Crippen LogP contribution in [-0.2, 0) is 0 Å². The second-order valence-corrected chi connectivity index (χ2v) is 5.63. The molecule has 1 saturated carbocycles. The maximum atomic E-state index is 11.2. The first-order valence-electron chi connectivity index (χ1n) is 6.15. The average molecular weight is 318 g/mol. The molecule has 96 valence electrons. The number of carbonyl (C=O) groups is 1. The topological polar surface area (TPSA) is 50.2 Å². The van der Waals surface area contributed by atoms with Crippen LogP contribution in [0.5, 0.6) is 0 Å². The van der Waals surface area contributed by atoms with E-state index in [1.54, 1.807) is 12.1 Å². The van der Waals surface area contributed by atoms with Gasteiger partial charge in [-0.2, -0.15) is 0 Å². The highest BCUT2D eigenvalue weighted by Gasteiger charge is 2.30. The van der Waals surface area contributed by atoms with Crippen LogP contribution < -0.4 is 0 Å². The van der Waals surface area contributed by atoms with Crippen LogP contribution in [0.25, 0.3) is 11.3 Å². The third-order valence-electron chi connectivity index (χ3n) is 3.24. The number of hydrogen-bond donors (Lipinski definition) is 1. The summed E-state index contributed by atoms with van der Waals surface area (Å²) in [5.41, 5.74) is 2.88. The van der Waals surface area contributed by atoms with Crippen molar-refractivity contribution < 1.29 is 9.90 Å². The maximum Gasteiger partial charge on any atom is 0.337 e. The molecule has 1 N–H and O–H groups in total. The van der Waals surface area contributed by atoms with Gasteiger partial charge in [-0.05, 0) is 37.1 Å². The highest BCUT2D eigenvalue weighted by molar-refractivity contribution is 9.10. The number of rotatable bonds is 3. The van der Waals surface area contributed by atoms with Crippen LogP contribution in [0.2, 0.25) is 0 Å². The Bertz CT molecular complexity index is 650. The van der Waals surface area contributed by atoms with Crippen molar-refractivity contribution in [3.8, 4) is 11.3 Å². The Labute approximate surface area is 119 Å². The summed E-state index contributed by atoms with van der Waals surface area (Å²) < 4.78 is 0.988. The first kappa shape index (κ1) is 12.4. The number of hydrogen-bond acceptors (Lipinski definition) is 2. The predicted molar refractivity (Wildman–Crippen MR) is 76.3 cm³/mol. The number of carboxylic acids is 1. The van der Waals surface area contributed by atoms with Crippen molar-refractivity contribution in [1.29, 1.82) is 0 Å². The molecule has 0 amide bonds. The summed E-state index contributed by atoms with van der Waals surface area (Å²) in [6.07, 6.45) is 2.07. The number of halogens is 1. The van der Waals surface area contributed by atoms with Gasteiger partial charge in [0.05, 0.1) is 17.0 Å². The van der Waals surface area contributed by atoms with Gasteiger partial charge in [0, 0.05) is 16.0 Å². The molecule has 0 radical (unpaired) electrons. The van der Waals surface area contributed by atoms with Crippen LogP contribution >= 0.6 is 15.9 Å². The Morgan fingerprint density at radius 2 is 2.05 bits per heavy atom. The van der Waals surface area contributed by atoms with Gasteiger partial charge in [0.25, 0.3) is 0 Å². The third-order valence-corrected chi connectivity index (χ3v) is 3.73. The molecule has 1 aromatic heterocycles. The Morgan fingerprint density at radius 3 is 2.68 bits per heavy atom. The highest BCUT2D eigenvalue weighted by atomic mass is 79.9. The number of aromatic carboxylic acids is 1. The van der Waals surface area contributed by atoms with Gasteiger partial charge in [0.2, 0.25) is 0 Å². The van der Waals surface area contributed by atoms with Gasteiger partial charge in [-0.15, -0.1) is 0 Å². The zero-order valence-electron chi connectivity index (χ0n) is 10.1. The summed E-state index contributed by atoms with van der Waals surface area (Å²) in [4.78, 5) is 15.8. The van der Waals surface area contributed by atoms with Crippen molar-refractivity contribution in [2.24, 2.45) is 0 Å². The second-order valence-electron chi connectivity index (χ2n) is 4.72. The van der Waals surface area contributed by atoms with E-state index in [0.717, 1.165) is 34.3 Å². The van der Waals surface area contributed by atoms with Crippen molar-refractivity contribution in [2.45, 2.75) is 18.8 Å². The normalized spacial score (nSPS) is 14.4. The molecule has 0 spiro atoms. The lowest BCUT2D eigenvalue weighted by atomic mass is 10.1. The van der Waals surface area contributed by atoms with E-state index in [-0.39, 0.29) is 0 Å². The summed E-state index contributed by atoms with van der Waals surface area (Å²) in [5.74, 6) is -0.576. The standard InChI is InChI=1S/C15H12BrNO2/c16-11-3-1-2-10(8-11)13-7-6-12(15(18)19)14(17-13)9-4-5-9/h1-3,6-9H,4-5H2,(H,18,19). The number of aromatic nitrogens is 1. The fourth-order valence-corrected chi connectivity index (χ4v) is 2.53. The lowest BCUT2D eigenvalue weighted by Crippen LogP contribution is -2.04. The molecular weight excluding hydrogens is 306 g/mol. The van der Waals surface area contributed by atoms with E-state index in [1.807, 2.05) is 24.3 Å². The smallest absolute Gasteiger partial charge is 0.337 e. The Kier molecular flexibility index (Phi) is 3.11. The van der Waals surface area contributed by atoms with Crippen LogP contribution in [0.1, 0.15) is 34.8 Å². The van der Waals surface area contributed by atoms with Crippen molar-refractivity contribution in [3.05, 3.63) is 52.1 Å². The van der Waals surface area contributed by atoms with Gasteiger partial charge >= 0.3 is 5.97 Å². The molecule has 1 fully saturated rings. The fourth-order valence-electron chi connectivity index (χ4n) is 2.13. The molecule has 0 unspecified atom stereocenters. The minimum absolute atomic E-state index is 0.318. The summed E-state index contributed by atoms with van der Waals surface area (Å²) in [6, 6.07) is 11.3. The number of carboxylic acid groups (broad SMARTS) is 1. The summed E-state index contributed by atoms with van der Waals surface area (Å²) in [7, 11) is 0. The van der Waals surface area contributed by atoms with Crippen molar-refractivity contribution >= 4 is 21.9 Å². The molecule has 1 aliphatic carbocycles. The molecule has 0 bridgehead atoms. The van der Waals surface area contributed by atoms with E-state index in [4.69, 9.17) is 0 Å². The summed E-state index contributed by atoms with van der Waals surface area (Å²) in [6.45, 7) is 0. The first-order valence-corrected chi connectivity index (χ1v) is 6.94. The Hall–Kier alpha value is -1.68. The van der Waals surface area contributed by atoms with Gasteiger partial charge in [-0.3, -0.25) is 4.98 Å². The van der Waals surface area contributed by atoms with Crippen molar-refractivity contribution in [3.63, 3.8) is 0 Å². The van der Waals surface area contributed by atoms with E-state index >= 15 is 0 Å². The second kappa shape index (κ2) is 4.78. The first-order chi connectivity index (χ1) is 9.15. The zero-order valence-corrected chi connectivity index (χ0v) is 11.7. The van der Waals surface area contributed by atoms with E-state index in [0.29, 0.717) is 11.5 Å². The molecule has 1 aromatic carbocycles. The van der Waals surface area contributed by atoms with Gasteiger partial charge < -0.3 is 5.11 Å². The molecule has 3 nitrogen and oxygen atoms in total.